The molecule has 0 saturated carbocycles. The van der Waals surface area contributed by atoms with Crippen LogP contribution in [0, 0.1) is 0 Å². The van der Waals surface area contributed by atoms with E-state index in [0.717, 1.165) is 0 Å². The first-order chi connectivity index (χ1) is 14.6. The lowest BCUT2D eigenvalue weighted by Crippen LogP contribution is -2.65. The van der Waals surface area contributed by atoms with Crippen LogP contribution in [0.25, 0.3) is 0 Å². The van der Waals surface area contributed by atoms with Crippen LogP contribution in [0.4, 0.5) is 26.3 Å². The van der Waals surface area contributed by atoms with Gasteiger partial charge in [0.2, 0.25) is 0 Å². The summed E-state index contributed by atoms with van der Waals surface area (Å²) in [5.74, 6) is -7.01. The molecule has 0 aliphatic carbocycles. The van der Waals surface area contributed by atoms with Gasteiger partial charge in [-0.3, -0.25) is 9.11 Å². The molecule has 0 aromatic heterocycles. The van der Waals surface area contributed by atoms with E-state index in [9.17, 15) is 51.9 Å². The SMILES string of the molecule is CC(C)N(C(C)C)C1CCN(S(=O)(=O)C(F)(F)C(F)(F)C(F)(F)S(=O)(=O)N(C)S(=O)[O-])CC1. The highest BCUT2D eigenvalue weighted by Crippen LogP contribution is 2.52. The Hall–Kier alpha value is -0.530. The summed E-state index contributed by atoms with van der Waals surface area (Å²) in [5.41, 5.74) is 0. The lowest BCUT2D eigenvalue weighted by Gasteiger charge is -2.43. The predicted molar refractivity (Wildman–Crippen MR) is 106 cm³/mol. The zero-order valence-electron chi connectivity index (χ0n) is 18.3. The van der Waals surface area contributed by atoms with Crippen molar-refractivity contribution in [3.05, 3.63) is 0 Å². The van der Waals surface area contributed by atoms with Gasteiger partial charge in [-0.25, -0.2) is 16.8 Å². The topological polar surface area (TPSA) is 118 Å². The van der Waals surface area contributed by atoms with E-state index >= 15 is 0 Å². The third-order valence-electron chi connectivity index (χ3n) is 5.30. The Kier molecular flexibility index (Phi) is 9.10. The van der Waals surface area contributed by atoms with Crippen LogP contribution in [0.1, 0.15) is 40.5 Å². The number of rotatable bonds is 10. The number of hydrogen-bond acceptors (Lipinski definition) is 7. The monoisotopic (exact) mass is 554 g/mol. The Bertz CT molecular complexity index is 929. The van der Waals surface area contributed by atoms with Crippen LogP contribution in [0.15, 0.2) is 0 Å². The van der Waals surface area contributed by atoms with Crippen LogP contribution in [0.2, 0.25) is 0 Å². The minimum atomic E-state index is -7.01. The fraction of sp³-hybridized carbons (Fsp3) is 1.00. The van der Waals surface area contributed by atoms with Gasteiger partial charge >= 0.3 is 16.4 Å². The summed E-state index contributed by atoms with van der Waals surface area (Å²) in [7, 11) is -13.5. The van der Waals surface area contributed by atoms with Crippen molar-refractivity contribution in [2.45, 2.75) is 75.1 Å². The quantitative estimate of drug-likeness (QED) is 0.298. The summed E-state index contributed by atoms with van der Waals surface area (Å²) in [6.07, 6.45) is -0.131. The van der Waals surface area contributed by atoms with Crippen molar-refractivity contribution in [1.29, 1.82) is 0 Å². The highest BCUT2D eigenvalue weighted by molar-refractivity contribution is 8.00. The summed E-state index contributed by atoms with van der Waals surface area (Å²) in [4.78, 5) is 1.95. The highest BCUT2D eigenvalue weighted by Gasteiger charge is 2.83. The molecule has 0 bridgehead atoms. The number of nitrogens with zero attached hydrogens (tertiary/aromatic N) is 3. The first-order valence-electron chi connectivity index (χ1n) is 9.57. The van der Waals surface area contributed by atoms with E-state index in [4.69, 9.17) is 0 Å². The van der Waals surface area contributed by atoms with Gasteiger partial charge in [0.25, 0.3) is 20.0 Å². The van der Waals surface area contributed by atoms with Crippen LogP contribution in [-0.4, -0.2) is 93.2 Å². The molecular weight excluding hydrogens is 528 g/mol. The molecular formula is C15H26F6N3O6S3-. The van der Waals surface area contributed by atoms with E-state index in [-0.39, 0.29) is 42.3 Å². The van der Waals surface area contributed by atoms with Crippen LogP contribution in [0.3, 0.4) is 0 Å². The van der Waals surface area contributed by atoms with Gasteiger partial charge in [-0.1, -0.05) is 0 Å². The third kappa shape index (κ3) is 5.06. The molecule has 1 heterocycles. The second-order valence-electron chi connectivity index (χ2n) is 8.01. The molecule has 0 N–H and O–H groups in total. The van der Waals surface area contributed by atoms with E-state index in [0.29, 0.717) is 0 Å². The molecule has 1 aliphatic rings. The number of hydrogen-bond donors (Lipinski definition) is 0. The highest BCUT2D eigenvalue weighted by atomic mass is 32.3. The lowest BCUT2D eigenvalue weighted by atomic mass is 10.0. The molecule has 198 valence electrons. The second kappa shape index (κ2) is 9.85. The fourth-order valence-corrected chi connectivity index (χ4v) is 6.95. The second-order valence-corrected chi connectivity index (χ2v) is 13.2. The average Bonchev–Trinajstić information content (AvgIpc) is 2.66. The molecule has 18 heteroatoms. The number of alkyl halides is 6. The van der Waals surface area contributed by atoms with Gasteiger partial charge in [-0.05, 0) is 40.5 Å². The molecule has 1 rings (SSSR count). The molecule has 1 fully saturated rings. The molecule has 1 atom stereocenters. The predicted octanol–water partition coefficient (Wildman–Crippen LogP) is 1.78. The van der Waals surface area contributed by atoms with Crippen LogP contribution in [0.5, 0.6) is 0 Å². The number of sulfonamides is 2. The summed E-state index contributed by atoms with van der Waals surface area (Å²) < 4.78 is 153. The minimum absolute atomic E-state index is 0.0172. The molecule has 1 saturated heterocycles. The van der Waals surface area contributed by atoms with Gasteiger partial charge in [0.05, 0.1) is 0 Å². The van der Waals surface area contributed by atoms with Crippen molar-refractivity contribution >= 4 is 31.3 Å². The van der Waals surface area contributed by atoms with Gasteiger partial charge in [0, 0.05) is 49.5 Å². The van der Waals surface area contributed by atoms with Gasteiger partial charge < -0.3 is 4.55 Å². The van der Waals surface area contributed by atoms with Crippen molar-refractivity contribution in [3.8, 4) is 0 Å². The largest absolute Gasteiger partial charge is 0.759 e. The zero-order chi connectivity index (χ0) is 26.4. The summed E-state index contributed by atoms with van der Waals surface area (Å²) >= 11 is -4.06. The molecule has 0 spiro atoms. The minimum Gasteiger partial charge on any atom is -0.759 e. The van der Waals surface area contributed by atoms with Crippen molar-refractivity contribution in [2.75, 3.05) is 20.1 Å². The maximum absolute atomic E-state index is 14.5. The Morgan fingerprint density at radius 1 is 0.909 bits per heavy atom. The maximum atomic E-state index is 14.5. The Morgan fingerprint density at radius 2 is 1.30 bits per heavy atom. The van der Waals surface area contributed by atoms with Crippen LogP contribution < -0.4 is 0 Å². The smallest absolute Gasteiger partial charge is 0.429 e. The number of piperidine rings is 1. The zero-order valence-corrected chi connectivity index (χ0v) is 20.8. The first kappa shape index (κ1) is 30.5. The van der Waals surface area contributed by atoms with E-state index in [1.807, 2.05) is 32.6 Å². The molecule has 9 nitrogen and oxygen atoms in total. The summed E-state index contributed by atoms with van der Waals surface area (Å²) in [6, 6.07) is -0.333. The normalized spacial score (nSPS) is 19.8. The molecule has 0 aromatic carbocycles. The third-order valence-corrected chi connectivity index (χ3v) is 10.2. The van der Waals surface area contributed by atoms with Crippen molar-refractivity contribution in [1.82, 2.24) is 12.9 Å². The number of halogens is 6. The molecule has 1 aliphatic heterocycles. The fourth-order valence-electron chi connectivity index (χ4n) is 3.72. The van der Waals surface area contributed by atoms with E-state index < -0.39 is 64.5 Å². The van der Waals surface area contributed by atoms with E-state index in [2.05, 4.69) is 0 Å². The van der Waals surface area contributed by atoms with Crippen molar-refractivity contribution < 1.29 is 51.9 Å². The summed E-state index contributed by atoms with van der Waals surface area (Å²) in [5, 5.41) is -13.4. The van der Waals surface area contributed by atoms with Gasteiger partial charge in [0.15, 0.2) is 0 Å². The van der Waals surface area contributed by atoms with Crippen molar-refractivity contribution in [3.63, 3.8) is 0 Å². The Morgan fingerprint density at radius 3 is 1.64 bits per heavy atom. The Balaban J connectivity index is 3.30. The molecule has 0 amide bonds. The van der Waals surface area contributed by atoms with Gasteiger partial charge in [0.1, 0.15) is 0 Å². The first-order valence-corrected chi connectivity index (χ1v) is 13.5. The van der Waals surface area contributed by atoms with Crippen molar-refractivity contribution in [2.24, 2.45) is 0 Å². The van der Waals surface area contributed by atoms with E-state index in [1.165, 1.54) is 0 Å². The molecule has 33 heavy (non-hydrogen) atoms. The average molecular weight is 555 g/mol. The van der Waals surface area contributed by atoms with E-state index in [1.54, 1.807) is 0 Å². The lowest BCUT2D eigenvalue weighted by molar-refractivity contribution is -0.245. The molecule has 1 unspecified atom stereocenters. The van der Waals surface area contributed by atoms with Gasteiger partial charge in [-0.15, -0.1) is 3.71 Å². The molecule has 0 aromatic rings. The Labute approximate surface area is 191 Å². The summed E-state index contributed by atoms with van der Waals surface area (Å²) in [6.45, 7) is 5.96. The molecule has 0 radical (unpaired) electrons. The van der Waals surface area contributed by atoms with Crippen LogP contribution >= 0.6 is 0 Å². The van der Waals surface area contributed by atoms with Gasteiger partial charge in [-0.2, -0.15) is 30.6 Å². The standard InChI is InChI=1S/C15H27F6N3O6S3/c1-10(2)24(11(3)4)12-6-8-23(9-7-12)33(29,30)15(20,21)13(16,17)14(18,19)32(27,28)22(5)31(25)26/h10-12H,6-9H2,1-5H3,(H,25,26)/p-1. The van der Waals surface area contributed by atoms with Crippen LogP contribution in [-0.2, 0) is 31.3 Å². The maximum Gasteiger partial charge on any atom is 0.429 e.